The van der Waals surface area contributed by atoms with Crippen LogP contribution < -0.4 is 58.5 Å². The SMILES string of the molecule is CC(C)(C)[c-]1cc([Si](C)(C)C)c([Si](C)(C)c2c[c-](C(C)(C)C)cc2[Si](C)(C)C)c1.[Li+].[Li+]. The summed E-state index contributed by atoms with van der Waals surface area (Å²) in [5.41, 5.74) is 3.48. The Hall–Kier alpha value is 0.545. The Labute approximate surface area is 221 Å². The fourth-order valence-electron chi connectivity index (χ4n) is 4.30. The van der Waals surface area contributed by atoms with Crippen LogP contribution in [0.15, 0.2) is 24.3 Å². The van der Waals surface area contributed by atoms with Crippen molar-refractivity contribution >= 4 is 45.0 Å². The van der Waals surface area contributed by atoms with E-state index in [1.165, 1.54) is 11.1 Å². The minimum absolute atomic E-state index is 0. The summed E-state index contributed by atoms with van der Waals surface area (Å²) in [7, 11) is -4.66. The van der Waals surface area contributed by atoms with Crippen molar-refractivity contribution in [1.82, 2.24) is 0 Å². The third-order valence-electron chi connectivity index (χ3n) is 6.47. The third-order valence-corrected chi connectivity index (χ3v) is 14.6. The Morgan fingerprint density at radius 2 is 0.710 bits per heavy atom. The van der Waals surface area contributed by atoms with Gasteiger partial charge in [0.15, 0.2) is 0 Å². The molecule has 2 aromatic rings. The maximum Gasteiger partial charge on any atom is 1.00 e. The van der Waals surface area contributed by atoms with Gasteiger partial charge in [0, 0.05) is 16.1 Å². The second kappa shape index (κ2) is 9.66. The summed E-state index contributed by atoms with van der Waals surface area (Å²) in [6.07, 6.45) is 0. The molecule has 0 fully saturated rings. The van der Waals surface area contributed by atoms with Gasteiger partial charge < -0.3 is 0 Å². The predicted molar refractivity (Wildman–Crippen MR) is 144 cm³/mol. The molecule has 0 saturated heterocycles. The second-order valence-electron chi connectivity index (χ2n) is 13.8. The van der Waals surface area contributed by atoms with Gasteiger partial charge in [-0.15, -0.1) is 0 Å². The van der Waals surface area contributed by atoms with Gasteiger partial charge >= 0.3 is 37.7 Å². The zero-order valence-corrected chi connectivity index (χ0v) is 26.8. The summed E-state index contributed by atoms with van der Waals surface area (Å²) in [6, 6.07) is 10.4. The maximum absolute atomic E-state index is 2.61. The minimum atomic E-state index is -1.81. The monoisotopic (exact) mass is 456 g/mol. The van der Waals surface area contributed by atoms with Gasteiger partial charge in [0.1, 0.15) is 0 Å². The van der Waals surface area contributed by atoms with E-state index in [-0.39, 0.29) is 48.6 Å². The van der Waals surface area contributed by atoms with Crippen molar-refractivity contribution in [2.24, 2.45) is 0 Å². The van der Waals surface area contributed by atoms with Crippen LogP contribution in [0.25, 0.3) is 0 Å². The van der Waals surface area contributed by atoms with Crippen molar-refractivity contribution in [3.63, 3.8) is 0 Å². The van der Waals surface area contributed by atoms with Crippen LogP contribution in [-0.2, 0) is 10.8 Å². The van der Waals surface area contributed by atoms with E-state index in [2.05, 4.69) is 118 Å². The minimum Gasteiger partial charge on any atom is -0.207 e. The molecule has 0 N–H and O–H groups in total. The van der Waals surface area contributed by atoms with Gasteiger partial charge in [0.25, 0.3) is 0 Å². The van der Waals surface area contributed by atoms with Crippen LogP contribution in [0.4, 0.5) is 0 Å². The van der Waals surface area contributed by atoms with Crippen LogP contribution in [0.5, 0.6) is 0 Å². The Balaban J connectivity index is 0.00000450. The fourth-order valence-corrected chi connectivity index (χ4v) is 14.2. The second-order valence-corrected chi connectivity index (χ2v) is 28.2. The predicted octanol–water partition coefficient (Wildman–Crippen LogP) is -0.360. The van der Waals surface area contributed by atoms with Crippen LogP contribution in [0.3, 0.4) is 0 Å². The van der Waals surface area contributed by atoms with Gasteiger partial charge in [0.2, 0.25) is 0 Å². The first-order valence-electron chi connectivity index (χ1n) is 11.3. The van der Waals surface area contributed by atoms with E-state index in [4.69, 9.17) is 0 Å². The van der Waals surface area contributed by atoms with Crippen LogP contribution >= 0.6 is 0 Å². The smallest absolute Gasteiger partial charge is 0.207 e. The molecule has 31 heavy (non-hydrogen) atoms. The topological polar surface area (TPSA) is 0 Å². The fraction of sp³-hybridized carbons (Fsp3) is 0.615. The quantitative estimate of drug-likeness (QED) is 0.436. The van der Waals surface area contributed by atoms with E-state index < -0.39 is 24.2 Å². The molecule has 164 valence electrons. The van der Waals surface area contributed by atoms with E-state index in [1.54, 1.807) is 20.7 Å². The Morgan fingerprint density at radius 1 is 0.484 bits per heavy atom. The van der Waals surface area contributed by atoms with E-state index in [0.717, 1.165) is 0 Å². The molecule has 0 aliphatic heterocycles. The van der Waals surface area contributed by atoms with Crippen LogP contribution in [0.2, 0.25) is 52.4 Å². The molecule has 0 bridgehead atoms. The summed E-state index contributed by atoms with van der Waals surface area (Å²) >= 11 is 0. The van der Waals surface area contributed by atoms with Crippen molar-refractivity contribution in [1.29, 1.82) is 0 Å². The summed E-state index contributed by atoms with van der Waals surface area (Å²) in [6.45, 7) is 34.5. The molecular formula is C26H46Li2Si3. The van der Waals surface area contributed by atoms with Gasteiger partial charge in [-0.05, 0) is 8.07 Å². The van der Waals surface area contributed by atoms with Crippen LogP contribution in [0, 0.1) is 0 Å². The van der Waals surface area contributed by atoms with Gasteiger partial charge in [-0.1, -0.05) is 105 Å². The first kappa shape index (κ1) is 31.5. The maximum atomic E-state index is 2.61. The average Bonchev–Trinajstić information content (AvgIpc) is 3.10. The molecule has 2 rings (SSSR count). The van der Waals surface area contributed by atoms with Gasteiger partial charge in [-0.25, -0.2) is 20.7 Å². The van der Waals surface area contributed by atoms with E-state index >= 15 is 0 Å². The summed E-state index contributed by atoms with van der Waals surface area (Å²) in [5, 5.41) is 6.84. The molecular weight excluding hydrogens is 410 g/mol. The van der Waals surface area contributed by atoms with Crippen molar-refractivity contribution in [2.75, 3.05) is 0 Å². The average molecular weight is 457 g/mol. The van der Waals surface area contributed by atoms with E-state index in [9.17, 15) is 0 Å². The first-order chi connectivity index (χ1) is 12.7. The molecule has 0 saturated carbocycles. The Morgan fingerprint density at radius 3 is 0.903 bits per heavy atom. The third kappa shape index (κ3) is 6.79. The molecule has 0 radical (unpaired) electrons. The molecule has 5 heteroatoms. The van der Waals surface area contributed by atoms with Gasteiger partial charge in [-0.3, -0.25) is 0 Å². The Kier molecular flexibility index (Phi) is 9.83. The summed E-state index contributed by atoms with van der Waals surface area (Å²) in [5.74, 6) is 0. The van der Waals surface area contributed by atoms with Gasteiger partial charge in [-0.2, -0.15) is 35.4 Å². The van der Waals surface area contributed by atoms with Gasteiger partial charge in [0.05, 0.1) is 0 Å². The van der Waals surface area contributed by atoms with E-state index in [1.807, 2.05) is 0 Å². The molecule has 0 spiro atoms. The van der Waals surface area contributed by atoms with Crippen molar-refractivity contribution in [3.8, 4) is 0 Å². The molecule has 0 aliphatic rings. The molecule has 0 amide bonds. The summed E-state index contributed by atoms with van der Waals surface area (Å²) < 4.78 is 0. The molecule has 0 nitrogen and oxygen atoms in total. The standard InChI is InChI=1S/C26H46Si3.2Li/c1-25(2,3)19-15-21(27(7,8)9)23(17-19)29(13,14)24-18-20(26(4,5)6)16-22(24)28(10,11)12;;/h15-18H,1-14H3;;/q-2;2*+1. The zero-order valence-electron chi connectivity index (χ0n) is 23.8. The normalized spacial score (nSPS) is 13.6. The van der Waals surface area contributed by atoms with E-state index in [0.29, 0.717) is 0 Å². The molecule has 0 unspecified atom stereocenters. The van der Waals surface area contributed by atoms with Crippen molar-refractivity contribution in [3.05, 3.63) is 35.4 Å². The molecule has 0 atom stereocenters. The zero-order chi connectivity index (χ0) is 22.8. The Bertz CT molecular complexity index is 802. The van der Waals surface area contributed by atoms with Crippen molar-refractivity contribution in [2.45, 2.75) is 105 Å². The molecule has 0 aliphatic carbocycles. The number of hydrogen-bond donors (Lipinski definition) is 0. The summed E-state index contributed by atoms with van der Waals surface area (Å²) in [4.78, 5) is 0. The molecule has 0 aromatic heterocycles. The van der Waals surface area contributed by atoms with Crippen LogP contribution in [-0.4, -0.2) is 24.2 Å². The van der Waals surface area contributed by atoms with Crippen molar-refractivity contribution < 1.29 is 37.7 Å². The number of hydrogen-bond acceptors (Lipinski definition) is 0. The van der Waals surface area contributed by atoms with Crippen LogP contribution in [0.1, 0.15) is 52.7 Å². The largest absolute Gasteiger partial charge is 1.00 e. The first-order valence-corrected chi connectivity index (χ1v) is 21.3. The molecule has 2 aromatic carbocycles. The number of rotatable bonds is 4. The molecule has 0 heterocycles.